The molecular formula is C13H23N3O2. The Hall–Kier alpha value is -1.52. The Morgan fingerprint density at radius 2 is 2.22 bits per heavy atom. The maximum absolute atomic E-state index is 12.1. The molecule has 0 spiro atoms. The number of hydrogen-bond acceptors (Lipinski definition) is 4. The van der Waals surface area contributed by atoms with Gasteiger partial charge in [0.15, 0.2) is 0 Å². The van der Waals surface area contributed by atoms with Gasteiger partial charge in [-0.3, -0.25) is 10.0 Å². The second kappa shape index (κ2) is 6.42. The van der Waals surface area contributed by atoms with Gasteiger partial charge in [-0.1, -0.05) is 13.3 Å². The number of hydrazine groups is 1. The van der Waals surface area contributed by atoms with Gasteiger partial charge in [0.05, 0.1) is 0 Å². The Bertz CT molecular complexity index is 332. The Morgan fingerprint density at radius 1 is 1.50 bits per heavy atom. The topological polar surface area (TPSA) is 45.1 Å². The van der Waals surface area contributed by atoms with Crippen LogP contribution in [0.5, 0.6) is 0 Å². The third kappa shape index (κ3) is 4.77. The summed E-state index contributed by atoms with van der Waals surface area (Å²) < 4.78 is 5.41. The van der Waals surface area contributed by atoms with Gasteiger partial charge in [0, 0.05) is 19.0 Å². The van der Waals surface area contributed by atoms with Crippen LogP contribution >= 0.6 is 0 Å². The second-order valence-electron chi connectivity index (χ2n) is 5.21. The fourth-order valence-corrected chi connectivity index (χ4v) is 1.48. The number of aliphatic imine (C=N–C) groups is 1. The lowest BCUT2D eigenvalue weighted by molar-refractivity contribution is -0.0293. The van der Waals surface area contributed by atoms with E-state index >= 15 is 0 Å². The summed E-state index contributed by atoms with van der Waals surface area (Å²) in [6, 6.07) is 0. The van der Waals surface area contributed by atoms with Gasteiger partial charge in [-0.25, -0.2) is 9.80 Å². The monoisotopic (exact) mass is 253 g/mol. The predicted octanol–water partition coefficient (Wildman–Crippen LogP) is 2.80. The first-order valence-electron chi connectivity index (χ1n) is 6.37. The van der Waals surface area contributed by atoms with Crippen LogP contribution in [0.2, 0.25) is 0 Å². The Morgan fingerprint density at radius 3 is 2.72 bits per heavy atom. The summed E-state index contributed by atoms with van der Waals surface area (Å²) in [5, 5.41) is 3.39. The van der Waals surface area contributed by atoms with Crippen molar-refractivity contribution in [2.24, 2.45) is 4.99 Å². The number of nitrogens with zero attached hydrogens (tertiary/aromatic N) is 3. The van der Waals surface area contributed by atoms with E-state index in [-0.39, 0.29) is 6.09 Å². The molecule has 0 aromatic heterocycles. The Labute approximate surface area is 109 Å². The lowest BCUT2D eigenvalue weighted by atomic mass is 10.2. The van der Waals surface area contributed by atoms with Crippen molar-refractivity contribution in [1.82, 2.24) is 10.0 Å². The van der Waals surface area contributed by atoms with Gasteiger partial charge in [-0.2, -0.15) is 0 Å². The van der Waals surface area contributed by atoms with Crippen molar-refractivity contribution in [1.29, 1.82) is 0 Å². The normalized spacial score (nSPS) is 14.8. The first-order valence-corrected chi connectivity index (χ1v) is 6.37. The largest absolute Gasteiger partial charge is 0.442 e. The number of hydrogen-bond donors (Lipinski definition) is 0. The van der Waals surface area contributed by atoms with Crippen molar-refractivity contribution >= 4 is 12.3 Å². The summed E-state index contributed by atoms with van der Waals surface area (Å²) in [6.45, 7) is 8.80. The van der Waals surface area contributed by atoms with Gasteiger partial charge >= 0.3 is 6.09 Å². The molecule has 0 bridgehead atoms. The van der Waals surface area contributed by atoms with Gasteiger partial charge in [-0.05, 0) is 33.3 Å². The number of carbonyl (C=O) groups excluding carboxylic acids is 1. The number of allylic oxidation sites excluding steroid dienone is 1. The molecule has 0 saturated heterocycles. The van der Waals surface area contributed by atoms with E-state index in [4.69, 9.17) is 4.74 Å². The number of carbonyl (C=O) groups is 1. The molecule has 0 saturated carbocycles. The van der Waals surface area contributed by atoms with E-state index < -0.39 is 5.60 Å². The van der Waals surface area contributed by atoms with Crippen molar-refractivity contribution in [3.05, 3.63) is 12.3 Å². The third-order valence-corrected chi connectivity index (χ3v) is 2.31. The molecule has 102 valence electrons. The molecule has 5 nitrogen and oxygen atoms in total. The SMILES string of the molecule is CCCCN(C(=O)OC(C)(C)C)N1C=CC=NC1. The van der Waals surface area contributed by atoms with Crippen LogP contribution in [0.4, 0.5) is 4.79 Å². The molecular weight excluding hydrogens is 230 g/mol. The summed E-state index contributed by atoms with van der Waals surface area (Å²) in [6.07, 6.45) is 7.02. The third-order valence-electron chi connectivity index (χ3n) is 2.31. The van der Waals surface area contributed by atoms with Crippen LogP contribution in [0.15, 0.2) is 17.3 Å². The first-order chi connectivity index (χ1) is 8.44. The summed E-state index contributed by atoms with van der Waals surface area (Å²) >= 11 is 0. The molecule has 0 aromatic carbocycles. The molecule has 1 amide bonds. The van der Waals surface area contributed by atoms with Crippen molar-refractivity contribution in [3.63, 3.8) is 0 Å². The molecule has 1 rings (SSSR count). The van der Waals surface area contributed by atoms with Crippen molar-refractivity contribution in [2.75, 3.05) is 13.2 Å². The molecule has 1 heterocycles. The van der Waals surface area contributed by atoms with E-state index in [1.54, 1.807) is 16.2 Å². The highest BCUT2D eigenvalue weighted by molar-refractivity contribution is 5.72. The molecule has 0 N–H and O–H groups in total. The van der Waals surface area contributed by atoms with Crippen molar-refractivity contribution in [2.45, 2.75) is 46.1 Å². The van der Waals surface area contributed by atoms with Gasteiger partial charge in [0.25, 0.3) is 0 Å². The van der Waals surface area contributed by atoms with E-state index in [0.29, 0.717) is 13.2 Å². The first kappa shape index (κ1) is 14.5. The number of amides is 1. The average Bonchev–Trinajstić information content (AvgIpc) is 2.28. The maximum Gasteiger partial charge on any atom is 0.429 e. The zero-order chi connectivity index (χ0) is 13.6. The lowest BCUT2D eigenvalue weighted by Gasteiger charge is -2.34. The maximum atomic E-state index is 12.1. The molecule has 1 aliphatic heterocycles. The summed E-state index contributed by atoms with van der Waals surface area (Å²) in [4.78, 5) is 16.3. The smallest absolute Gasteiger partial charge is 0.429 e. The Balaban J connectivity index is 2.68. The Kier molecular flexibility index (Phi) is 5.19. The zero-order valence-electron chi connectivity index (χ0n) is 11.7. The molecule has 0 unspecified atom stereocenters. The number of ether oxygens (including phenoxy) is 1. The zero-order valence-corrected chi connectivity index (χ0v) is 11.7. The summed E-state index contributed by atoms with van der Waals surface area (Å²) in [5.41, 5.74) is -0.482. The minimum absolute atomic E-state index is 0.322. The standard InChI is InChI=1S/C13H23N3O2/c1-5-6-10-16(12(17)18-13(2,3)4)15-9-7-8-14-11-15/h7-9H,5-6,10-11H2,1-4H3. The van der Waals surface area contributed by atoms with Gasteiger partial charge in [-0.15, -0.1) is 0 Å². The average molecular weight is 253 g/mol. The van der Waals surface area contributed by atoms with Crippen LogP contribution in [0.1, 0.15) is 40.5 Å². The molecule has 5 heteroatoms. The van der Waals surface area contributed by atoms with Gasteiger partial charge < -0.3 is 4.74 Å². The van der Waals surface area contributed by atoms with E-state index in [9.17, 15) is 4.79 Å². The summed E-state index contributed by atoms with van der Waals surface area (Å²) in [7, 11) is 0. The van der Waals surface area contributed by atoms with Crippen LogP contribution < -0.4 is 0 Å². The second-order valence-corrected chi connectivity index (χ2v) is 5.21. The van der Waals surface area contributed by atoms with Crippen LogP contribution in [0.3, 0.4) is 0 Å². The van der Waals surface area contributed by atoms with Crippen LogP contribution in [0.25, 0.3) is 0 Å². The lowest BCUT2D eigenvalue weighted by Crippen LogP contribution is -2.47. The summed E-state index contributed by atoms with van der Waals surface area (Å²) in [5.74, 6) is 0. The molecule has 0 aliphatic carbocycles. The molecule has 18 heavy (non-hydrogen) atoms. The fourth-order valence-electron chi connectivity index (χ4n) is 1.48. The van der Waals surface area contributed by atoms with Gasteiger partial charge in [0.1, 0.15) is 12.3 Å². The molecule has 1 aliphatic rings. The quantitative estimate of drug-likeness (QED) is 0.774. The van der Waals surface area contributed by atoms with Crippen LogP contribution in [-0.2, 0) is 4.74 Å². The fraction of sp³-hybridized carbons (Fsp3) is 0.692. The van der Waals surface area contributed by atoms with E-state index in [2.05, 4.69) is 11.9 Å². The molecule has 0 atom stereocenters. The van der Waals surface area contributed by atoms with Crippen LogP contribution in [-0.4, -0.2) is 41.1 Å². The number of rotatable bonds is 4. The highest BCUT2D eigenvalue weighted by atomic mass is 16.6. The predicted molar refractivity (Wildman–Crippen MR) is 72.2 cm³/mol. The van der Waals surface area contributed by atoms with Gasteiger partial charge in [0.2, 0.25) is 0 Å². The minimum Gasteiger partial charge on any atom is -0.442 e. The van der Waals surface area contributed by atoms with E-state index in [1.165, 1.54) is 0 Å². The van der Waals surface area contributed by atoms with E-state index in [1.807, 2.05) is 33.0 Å². The highest BCUT2D eigenvalue weighted by Gasteiger charge is 2.25. The van der Waals surface area contributed by atoms with Crippen molar-refractivity contribution in [3.8, 4) is 0 Å². The van der Waals surface area contributed by atoms with Crippen LogP contribution in [0, 0.1) is 0 Å². The molecule has 0 fully saturated rings. The van der Waals surface area contributed by atoms with Crippen molar-refractivity contribution < 1.29 is 9.53 Å². The molecule has 0 radical (unpaired) electrons. The molecule has 0 aromatic rings. The highest BCUT2D eigenvalue weighted by Crippen LogP contribution is 2.13. The number of unbranched alkanes of at least 4 members (excludes halogenated alkanes) is 1. The minimum atomic E-state index is -0.482. The van der Waals surface area contributed by atoms with E-state index in [0.717, 1.165) is 12.8 Å².